The Kier molecular flexibility index (Phi) is 4.53. The first-order valence-electron chi connectivity index (χ1n) is 5.20. The number of allylic oxidation sites excluding steroid dienone is 1. The number of hydrogen-bond acceptors (Lipinski definition) is 3. The second-order valence-electron chi connectivity index (χ2n) is 4.71. The Labute approximate surface area is 92.1 Å². The van der Waals surface area contributed by atoms with E-state index in [9.17, 15) is 9.90 Å². The normalized spacial score (nSPS) is 15.4. The standard InChI is InChI=1S/C12H22O3/c1-7-15-10(13)11(4,5)12(6,14)8-9(2)3/h8,14H,7H2,1-6H3. The number of rotatable bonds is 4. The third kappa shape index (κ3) is 3.34. The lowest BCUT2D eigenvalue weighted by Crippen LogP contribution is -2.47. The van der Waals surface area contributed by atoms with Gasteiger partial charge in [-0.05, 0) is 41.5 Å². The maximum atomic E-state index is 11.7. The molecule has 0 radical (unpaired) electrons. The van der Waals surface area contributed by atoms with Gasteiger partial charge in [0.2, 0.25) is 0 Å². The zero-order valence-corrected chi connectivity index (χ0v) is 10.5. The van der Waals surface area contributed by atoms with Gasteiger partial charge in [0.15, 0.2) is 0 Å². The largest absolute Gasteiger partial charge is 0.465 e. The minimum atomic E-state index is -1.20. The van der Waals surface area contributed by atoms with Gasteiger partial charge in [0.25, 0.3) is 0 Å². The van der Waals surface area contributed by atoms with Crippen LogP contribution in [0.4, 0.5) is 0 Å². The molecule has 0 spiro atoms. The number of carbonyl (C=O) groups is 1. The van der Waals surface area contributed by atoms with Crippen LogP contribution >= 0.6 is 0 Å². The monoisotopic (exact) mass is 214 g/mol. The third-order valence-corrected chi connectivity index (χ3v) is 2.62. The van der Waals surface area contributed by atoms with E-state index in [2.05, 4.69) is 0 Å². The van der Waals surface area contributed by atoms with Crippen molar-refractivity contribution in [3.63, 3.8) is 0 Å². The van der Waals surface area contributed by atoms with Crippen LogP contribution in [0.25, 0.3) is 0 Å². The lowest BCUT2D eigenvalue weighted by Gasteiger charge is -2.35. The topological polar surface area (TPSA) is 46.5 Å². The first-order valence-corrected chi connectivity index (χ1v) is 5.20. The van der Waals surface area contributed by atoms with Gasteiger partial charge < -0.3 is 9.84 Å². The molecule has 0 aliphatic rings. The number of aliphatic hydroxyl groups is 1. The summed E-state index contributed by atoms with van der Waals surface area (Å²) in [6, 6.07) is 0. The highest BCUT2D eigenvalue weighted by atomic mass is 16.5. The van der Waals surface area contributed by atoms with Crippen LogP contribution in [-0.4, -0.2) is 23.3 Å². The zero-order valence-electron chi connectivity index (χ0n) is 10.5. The van der Waals surface area contributed by atoms with Crippen molar-refractivity contribution in [2.75, 3.05) is 6.61 Å². The molecule has 1 unspecified atom stereocenters. The summed E-state index contributed by atoms with van der Waals surface area (Å²) in [4.78, 5) is 11.7. The van der Waals surface area contributed by atoms with Gasteiger partial charge in [-0.25, -0.2) is 0 Å². The number of hydrogen-bond donors (Lipinski definition) is 1. The summed E-state index contributed by atoms with van der Waals surface area (Å²) >= 11 is 0. The van der Waals surface area contributed by atoms with Crippen molar-refractivity contribution >= 4 is 5.97 Å². The van der Waals surface area contributed by atoms with Gasteiger partial charge in [-0.3, -0.25) is 4.79 Å². The summed E-state index contributed by atoms with van der Waals surface area (Å²) in [5.74, 6) is -0.382. The lowest BCUT2D eigenvalue weighted by atomic mass is 9.75. The van der Waals surface area contributed by atoms with Crippen molar-refractivity contribution < 1.29 is 14.6 Å². The third-order valence-electron chi connectivity index (χ3n) is 2.62. The molecular formula is C12H22O3. The van der Waals surface area contributed by atoms with Gasteiger partial charge in [0.05, 0.1) is 17.6 Å². The van der Waals surface area contributed by atoms with Crippen molar-refractivity contribution in [1.82, 2.24) is 0 Å². The average Bonchev–Trinajstić information content (AvgIpc) is 2.01. The lowest BCUT2D eigenvalue weighted by molar-refractivity contribution is -0.164. The second kappa shape index (κ2) is 4.79. The molecule has 0 amide bonds. The fourth-order valence-corrected chi connectivity index (χ4v) is 1.26. The molecule has 3 nitrogen and oxygen atoms in total. The van der Waals surface area contributed by atoms with Gasteiger partial charge in [-0.1, -0.05) is 11.6 Å². The summed E-state index contributed by atoms with van der Waals surface area (Å²) < 4.78 is 4.95. The van der Waals surface area contributed by atoms with Gasteiger partial charge in [0.1, 0.15) is 0 Å². The molecule has 1 N–H and O–H groups in total. The summed E-state index contributed by atoms with van der Waals surface area (Å²) in [5, 5.41) is 10.2. The predicted molar refractivity (Wildman–Crippen MR) is 60.5 cm³/mol. The minimum absolute atomic E-state index is 0.327. The van der Waals surface area contributed by atoms with E-state index in [0.717, 1.165) is 5.57 Å². The molecule has 0 saturated heterocycles. The molecule has 0 saturated carbocycles. The molecule has 88 valence electrons. The number of ether oxygens (including phenoxy) is 1. The summed E-state index contributed by atoms with van der Waals surface area (Å²) in [6.45, 7) is 10.8. The molecule has 0 fully saturated rings. The van der Waals surface area contributed by atoms with Crippen LogP contribution < -0.4 is 0 Å². The van der Waals surface area contributed by atoms with Crippen LogP contribution in [0.15, 0.2) is 11.6 Å². The highest BCUT2D eigenvalue weighted by Crippen LogP contribution is 2.34. The van der Waals surface area contributed by atoms with Crippen molar-refractivity contribution in [2.24, 2.45) is 5.41 Å². The van der Waals surface area contributed by atoms with E-state index in [1.807, 2.05) is 13.8 Å². The van der Waals surface area contributed by atoms with E-state index in [1.165, 1.54) is 0 Å². The van der Waals surface area contributed by atoms with Crippen LogP contribution in [0.3, 0.4) is 0 Å². The smallest absolute Gasteiger partial charge is 0.314 e. The first kappa shape index (κ1) is 14.2. The molecule has 0 aromatic heterocycles. The number of carbonyl (C=O) groups excluding carboxylic acids is 1. The van der Waals surface area contributed by atoms with Gasteiger partial charge in [0, 0.05) is 0 Å². The van der Waals surface area contributed by atoms with Crippen LogP contribution in [0.5, 0.6) is 0 Å². The van der Waals surface area contributed by atoms with Crippen LogP contribution in [-0.2, 0) is 9.53 Å². The van der Waals surface area contributed by atoms with Crippen LogP contribution in [0.2, 0.25) is 0 Å². The van der Waals surface area contributed by atoms with Gasteiger partial charge in [-0.2, -0.15) is 0 Å². The molecule has 0 aromatic carbocycles. The molecule has 0 aliphatic heterocycles. The molecule has 0 heterocycles. The zero-order chi connectivity index (χ0) is 12.3. The molecule has 0 aliphatic carbocycles. The fraction of sp³-hybridized carbons (Fsp3) is 0.750. The highest BCUT2D eigenvalue weighted by Gasteiger charge is 2.45. The molecule has 15 heavy (non-hydrogen) atoms. The maximum absolute atomic E-state index is 11.7. The second-order valence-corrected chi connectivity index (χ2v) is 4.71. The predicted octanol–water partition coefficient (Wildman–Crippen LogP) is 2.29. The Morgan fingerprint density at radius 1 is 1.33 bits per heavy atom. The summed E-state index contributed by atoms with van der Waals surface area (Å²) in [5.41, 5.74) is -1.17. The minimum Gasteiger partial charge on any atom is -0.465 e. The highest BCUT2D eigenvalue weighted by molar-refractivity contribution is 5.78. The maximum Gasteiger partial charge on any atom is 0.314 e. The van der Waals surface area contributed by atoms with Gasteiger partial charge >= 0.3 is 5.97 Å². The van der Waals surface area contributed by atoms with E-state index in [0.29, 0.717) is 6.61 Å². The summed E-state index contributed by atoms with van der Waals surface area (Å²) in [7, 11) is 0. The van der Waals surface area contributed by atoms with Crippen molar-refractivity contribution in [1.29, 1.82) is 0 Å². The number of esters is 1. The molecule has 1 atom stereocenters. The van der Waals surface area contributed by atoms with Crippen molar-refractivity contribution in [2.45, 2.75) is 47.1 Å². The van der Waals surface area contributed by atoms with E-state index in [4.69, 9.17) is 4.74 Å². The van der Waals surface area contributed by atoms with Crippen molar-refractivity contribution in [3.8, 4) is 0 Å². The van der Waals surface area contributed by atoms with Gasteiger partial charge in [-0.15, -0.1) is 0 Å². The summed E-state index contributed by atoms with van der Waals surface area (Å²) in [6.07, 6.45) is 1.68. The van der Waals surface area contributed by atoms with E-state index in [1.54, 1.807) is 33.8 Å². The van der Waals surface area contributed by atoms with E-state index in [-0.39, 0.29) is 5.97 Å². The Bertz CT molecular complexity index is 258. The van der Waals surface area contributed by atoms with Crippen LogP contribution in [0.1, 0.15) is 41.5 Å². The van der Waals surface area contributed by atoms with Crippen LogP contribution in [0, 0.1) is 5.41 Å². The Balaban J connectivity index is 5.00. The Morgan fingerprint density at radius 2 is 1.80 bits per heavy atom. The Morgan fingerprint density at radius 3 is 2.13 bits per heavy atom. The average molecular weight is 214 g/mol. The van der Waals surface area contributed by atoms with E-state index < -0.39 is 11.0 Å². The molecular weight excluding hydrogens is 192 g/mol. The SMILES string of the molecule is CCOC(=O)C(C)(C)C(C)(O)C=C(C)C. The Hall–Kier alpha value is -0.830. The molecule has 0 rings (SSSR count). The first-order chi connectivity index (χ1) is 6.65. The molecule has 0 bridgehead atoms. The fourth-order valence-electron chi connectivity index (χ4n) is 1.26. The van der Waals surface area contributed by atoms with Crippen molar-refractivity contribution in [3.05, 3.63) is 11.6 Å². The quantitative estimate of drug-likeness (QED) is 0.577. The molecule has 3 heteroatoms. The van der Waals surface area contributed by atoms with E-state index >= 15 is 0 Å². The molecule has 0 aromatic rings.